The van der Waals surface area contributed by atoms with E-state index < -0.39 is 6.04 Å². The number of hydrogen-bond donors (Lipinski definition) is 2. The molecule has 0 bridgehead atoms. The van der Waals surface area contributed by atoms with Crippen LogP contribution >= 0.6 is 0 Å². The summed E-state index contributed by atoms with van der Waals surface area (Å²) in [6.07, 6.45) is 0.133. The molecule has 0 aliphatic carbocycles. The molecular formula is C19H21N3O3. The van der Waals surface area contributed by atoms with E-state index in [0.29, 0.717) is 24.6 Å². The first-order valence-corrected chi connectivity index (χ1v) is 8.31. The van der Waals surface area contributed by atoms with E-state index in [2.05, 4.69) is 10.9 Å². The lowest BCUT2D eigenvalue weighted by atomic mass is 10.2. The molecule has 130 valence electrons. The molecule has 0 saturated carbocycles. The predicted octanol–water partition coefficient (Wildman–Crippen LogP) is 2.01. The summed E-state index contributed by atoms with van der Waals surface area (Å²) < 4.78 is 5.38. The zero-order valence-electron chi connectivity index (χ0n) is 14.1. The van der Waals surface area contributed by atoms with Crippen molar-refractivity contribution < 1.29 is 14.3 Å². The minimum absolute atomic E-state index is 0.133. The van der Waals surface area contributed by atoms with Crippen molar-refractivity contribution in [2.75, 3.05) is 11.5 Å². The van der Waals surface area contributed by atoms with E-state index in [1.807, 2.05) is 37.3 Å². The Labute approximate surface area is 146 Å². The van der Waals surface area contributed by atoms with Crippen LogP contribution in [-0.2, 0) is 16.1 Å². The molecule has 2 N–H and O–H groups in total. The van der Waals surface area contributed by atoms with Gasteiger partial charge in [0.1, 0.15) is 11.8 Å². The van der Waals surface area contributed by atoms with Crippen molar-refractivity contribution in [1.82, 2.24) is 10.9 Å². The third kappa shape index (κ3) is 4.04. The van der Waals surface area contributed by atoms with E-state index in [1.165, 1.54) is 4.90 Å². The average Bonchev–Trinajstić information content (AvgIpc) is 2.91. The fraction of sp³-hybridized carbons (Fsp3) is 0.263. The molecule has 1 aliphatic heterocycles. The van der Waals surface area contributed by atoms with Gasteiger partial charge < -0.3 is 4.74 Å². The summed E-state index contributed by atoms with van der Waals surface area (Å²) >= 11 is 0. The summed E-state index contributed by atoms with van der Waals surface area (Å²) in [5, 5.41) is 0. The number of anilines is 1. The quantitative estimate of drug-likeness (QED) is 0.596. The molecular weight excluding hydrogens is 318 g/mol. The van der Waals surface area contributed by atoms with Crippen molar-refractivity contribution in [3.8, 4) is 5.75 Å². The van der Waals surface area contributed by atoms with Crippen LogP contribution in [0.2, 0.25) is 0 Å². The highest BCUT2D eigenvalue weighted by atomic mass is 16.5. The number of hydrogen-bond acceptors (Lipinski definition) is 5. The normalized spacial score (nSPS) is 17.2. The summed E-state index contributed by atoms with van der Waals surface area (Å²) in [5.41, 5.74) is 7.63. The topological polar surface area (TPSA) is 70.7 Å². The van der Waals surface area contributed by atoms with Crippen LogP contribution in [0.1, 0.15) is 18.9 Å². The van der Waals surface area contributed by atoms with Crippen LogP contribution in [0.5, 0.6) is 5.75 Å². The van der Waals surface area contributed by atoms with Gasteiger partial charge in [0.25, 0.3) is 5.91 Å². The van der Waals surface area contributed by atoms with Crippen LogP contribution < -0.4 is 20.5 Å². The van der Waals surface area contributed by atoms with E-state index in [4.69, 9.17) is 4.74 Å². The Morgan fingerprint density at radius 2 is 1.80 bits per heavy atom. The number of benzene rings is 2. The predicted molar refractivity (Wildman–Crippen MR) is 94.9 cm³/mol. The van der Waals surface area contributed by atoms with Gasteiger partial charge in [0.15, 0.2) is 0 Å². The molecule has 1 heterocycles. The third-order valence-electron chi connectivity index (χ3n) is 3.96. The molecule has 0 radical (unpaired) electrons. The summed E-state index contributed by atoms with van der Waals surface area (Å²) in [6, 6.07) is 16.2. The van der Waals surface area contributed by atoms with Crippen molar-refractivity contribution in [1.29, 1.82) is 0 Å². The molecule has 1 atom stereocenters. The monoisotopic (exact) mass is 339 g/mol. The number of imide groups is 1. The highest BCUT2D eigenvalue weighted by Gasteiger charge is 2.39. The molecule has 1 fully saturated rings. The van der Waals surface area contributed by atoms with Crippen LogP contribution in [0, 0.1) is 0 Å². The zero-order valence-corrected chi connectivity index (χ0v) is 14.1. The van der Waals surface area contributed by atoms with Gasteiger partial charge >= 0.3 is 0 Å². The first-order valence-electron chi connectivity index (χ1n) is 8.31. The van der Waals surface area contributed by atoms with Crippen LogP contribution in [0.3, 0.4) is 0 Å². The van der Waals surface area contributed by atoms with Crippen molar-refractivity contribution in [2.45, 2.75) is 25.9 Å². The van der Waals surface area contributed by atoms with Crippen molar-refractivity contribution in [3.63, 3.8) is 0 Å². The van der Waals surface area contributed by atoms with Gasteiger partial charge in [-0.2, -0.15) is 0 Å². The highest BCUT2D eigenvalue weighted by molar-refractivity contribution is 6.22. The lowest BCUT2D eigenvalue weighted by Crippen LogP contribution is -2.45. The SMILES string of the molecule is CCOc1ccc(N2C(=O)CC(NNCc3ccccc3)C2=O)cc1. The highest BCUT2D eigenvalue weighted by Crippen LogP contribution is 2.25. The van der Waals surface area contributed by atoms with Crippen LogP contribution in [0.25, 0.3) is 0 Å². The summed E-state index contributed by atoms with van der Waals surface area (Å²) in [4.78, 5) is 26.0. The number of ether oxygens (including phenoxy) is 1. The zero-order chi connectivity index (χ0) is 17.6. The van der Waals surface area contributed by atoms with Gasteiger partial charge in [-0.3, -0.25) is 15.0 Å². The molecule has 3 rings (SSSR count). The second-order valence-corrected chi connectivity index (χ2v) is 5.73. The molecule has 6 nitrogen and oxygen atoms in total. The van der Waals surface area contributed by atoms with E-state index in [9.17, 15) is 9.59 Å². The molecule has 0 spiro atoms. The van der Waals surface area contributed by atoms with Crippen molar-refractivity contribution in [3.05, 3.63) is 60.2 Å². The first kappa shape index (κ1) is 17.1. The molecule has 1 aliphatic rings. The second-order valence-electron chi connectivity index (χ2n) is 5.73. The molecule has 6 heteroatoms. The molecule has 1 saturated heterocycles. The van der Waals surface area contributed by atoms with Crippen molar-refractivity contribution >= 4 is 17.5 Å². The number of nitrogens with one attached hydrogen (secondary N) is 2. The maximum atomic E-state index is 12.5. The minimum Gasteiger partial charge on any atom is -0.494 e. The van der Waals surface area contributed by atoms with E-state index in [0.717, 1.165) is 5.56 Å². The smallest absolute Gasteiger partial charge is 0.252 e. The van der Waals surface area contributed by atoms with Gasteiger partial charge in [0.2, 0.25) is 5.91 Å². The molecule has 25 heavy (non-hydrogen) atoms. The van der Waals surface area contributed by atoms with Gasteiger partial charge in [0.05, 0.1) is 18.7 Å². The average molecular weight is 339 g/mol. The largest absolute Gasteiger partial charge is 0.494 e. The van der Waals surface area contributed by atoms with Crippen LogP contribution in [0.15, 0.2) is 54.6 Å². The molecule has 2 amide bonds. The van der Waals surface area contributed by atoms with Gasteiger partial charge in [0, 0.05) is 6.54 Å². The third-order valence-corrected chi connectivity index (χ3v) is 3.96. The number of rotatable bonds is 7. The second kappa shape index (κ2) is 7.92. The number of carbonyl (C=O) groups excluding carboxylic acids is 2. The van der Waals surface area contributed by atoms with Gasteiger partial charge in [-0.15, -0.1) is 0 Å². The Morgan fingerprint density at radius 3 is 2.48 bits per heavy atom. The maximum absolute atomic E-state index is 12.5. The van der Waals surface area contributed by atoms with Crippen LogP contribution in [0.4, 0.5) is 5.69 Å². The van der Waals surface area contributed by atoms with Gasteiger partial charge in [-0.05, 0) is 36.8 Å². The van der Waals surface area contributed by atoms with Gasteiger partial charge in [-0.25, -0.2) is 10.3 Å². The summed E-state index contributed by atoms with van der Waals surface area (Å²) in [7, 11) is 0. The lowest BCUT2D eigenvalue weighted by molar-refractivity contribution is -0.121. The standard InChI is InChI=1S/C19H21N3O3/c1-2-25-16-10-8-15(9-11-16)22-18(23)12-17(19(22)24)21-20-13-14-6-4-3-5-7-14/h3-11,17,20-21H,2,12-13H2,1H3. The fourth-order valence-electron chi connectivity index (χ4n) is 2.75. The minimum atomic E-state index is -0.567. The molecule has 0 aromatic heterocycles. The van der Waals surface area contributed by atoms with Gasteiger partial charge in [-0.1, -0.05) is 30.3 Å². The fourth-order valence-corrected chi connectivity index (χ4v) is 2.75. The Morgan fingerprint density at radius 1 is 1.08 bits per heavy atom. The summed E-state index contributed by atoms with van der Waals surface area (Å²) in [5.74, 6) is 0.243. The number of amides is 2. The Hall–Kier alpha value is -2.70. The molecule has 1 unspecified atom stereocenters. The molecule has 2 aromatic carbocycles. The lowest BCUT2D eigenvalue weighted by Gasteiger charge is -2.16. The maximum Gasteiger partial charge on any atom is 0.252 e. The van der Waals surface area contributed by atoms with E-state index >= 15 is 0 Å². The summed E-state index contributed by atoms with van der Waals surface area (Å²) in [6.45, 7) is 3.04. The first-order chi connectivity index (χ1) is 12.2. The number of carbonyl (C=O) groups is 2. The Bertz CT molecular complexity index is 731. The Kier molecular flexibility index (Phi) is 5.42. The number of hydrazine groups is 1. The van der Waals surface area contributed by atoms with Crippen molar-refractivity contribution in [2.24, 2.45) is 0 Å². The number of nitrogens with zero attached hydrogens (tertiary/aromatic N) is 1. The van der Waals surface area contributed by atoms with E-state index in [1.54, 1.807) is 24.3 Å². The Balaban J connectivity index is 1.59. The van der Waals surface area contributed by atoms with Crippen LogP contribution in [-0.4, -0.2) is 24.5 Å². The van der Waals surface area contributed by atoms with E-state index in [-0.39, 0.29) is 18.2 Å². The molecule has 2 aromatic rings.